The number of rotatable bonds is 5. The van der Waals surface area contributed by atoms with Crippen molar-refractivity contribution in [3.63, 3.8) is 0 Å². The van der Waals surface area contributed by atoms with Crippen molar-refractivity contribution in [3.05, 3.63) is 23.4 Å². The smallest absolute Gasteiger partial charge is 0.339 e. The van der Waals surface area contributed by atoms with E-state index in [-0.39, 0.29) is 0 Å². The number of carboxylic acids is 1. The number of aromatic nitrogens is 1. The number of aryl methyl sites for hydroxylation is 1. The van der Waals surface area contributed by atoms with Crippen LogP contribution in [0.3, 0.4) is 0 Å². The number of hydrogen-bond donors (Lipinski definition) is 2. The SMILES string of the molecule is CCC1CCC(CNc2nccc(C)c2C(=O)O)CC1. The number of pyridine rings is 1. The molecule has 2 N–H and O–H groups in total. The van der Waals surface area contributed by atoms with Gasteiger partial charge in [0.2, 0.25) is 0 Å². The summed E-state index contributed by atoms with van der Waals surface area (Å²) in [5.41, 5.74) is 1.06. The van der Waals surface area contributed by atoms with Crippen LogP contribution >= 0.6 is 0 Å². The lowest BCUT2D eigenvalue weighted by Gasteiger charge is -2.28. The van der Waals surface area contributed by atoms with Crippen LogP contribution < -0.4 is 5.32 Å². The molecule has 0 aliphatic heterocycles. The van der Waals surface area contributed by atoms with Crippen LogP contribution in [-0.2, 0) is 0 Å². The van der Waals surface area contributed by atoms with Gasteiger partial charge in [0, 0.05) is 12.7 Å². The van der Waals surface area contributed by atoms with E-state index in [4.69, 9.17) is 0 Å². The van der Waals surface area contributed by atoms with Gasteiger partial charge in [-0.1, -0.05) is 26.2 Å². The first-order chi connectivity index (χ1) is 9.61. The molecule has 1 fully saturated rings. The van der Waals surface area contributed by atoms with E-state index in [1.165, 1.54) is 32.1 Å². The fourth-order valence-electron chi connectivity index (χ4n) is 3.05. The van der Waals surface area contributed by atoms with Gasteiger partial charge >= 0.3 is 5.97 Å². The third-order valence-electron chi connectivity index (χ3n) is 4.48. The maximum atomic E-state index is 11.3. The Kier molecular flexibility index (Phi) is 4.99. The van der Waals surface area contributed by atoms with Crippen molar-refractivity contribution in [3.8, 4) is 0 Å². The second-order valence-corrected chi connectivity index (χ2v) is 5.83. The molecule has 0 saturated heterocycles. The number of anilines is 1. The van der Waals surface area contributed by atoms with Gasteiger partial charge in [-0.25, -0.2) is 9.78 Å². The second kappa shape index (κ2) is 6.73. The first-order valence-corrected chi connectivity index (χ1v) is 7.54. The van der Waals surface area contributed by atoms with Gasteiger partial charge in [-0.2, -0.15) is 0 Å². The van der Waals surface area contributed by atoms with E-state index in [2.05, 4.69) is 17.2 Å². The van der Waals surface area contributed by atoms with Crippen LogP contribution in [0.1, 0.15) is 54.9 Å². The normalized spacial score (nSPS) is 22.5. The molecule has 0 unspecified atom stereocenters. The summed E-state index contributed by atoms with van der Waals surface area (Å²) in [5.74, 6) is 1.13. The van der Waals surface area contributed by atoms with Crippen LogP contribution in [0.4, 0.5) is 5.82 Å². The summed E-state index contributed by atoms with van der Waals surface area (Å²) < 4.78 is 0. The number of nitrogens with zero attached hydrogens (tertiary/aromatic N) is 1. The van der Waals surface area contributed by atoms with Crippen LogP contribution in [0, 0.1) is 18.8 Å². The van der Waals surface area contributed by atoms with Crippen molar-refractivity contribution in [2.75, 3.05) is 11.9 Å². The summed E-state index contributed by atoms with van der Waals surface area (Å²) in [6, 6.07) is 1.74. The third-order valence-corrected chi connectivity index (χ3v) is 4.48. The van der Waals surface area contributed by atoms with E-state index < -0.39 is 5.97 Å². The predicted molar refractivity (Wildman–Crippen MR) is 80.2 cm³/mol. The molecule has 2 rings (SSSR count). The molecular formula is C16H24N2O2. The molecular weight excluding hydrogens is 252 g/mol. The Balaban J connectivity index is 1.95. The van der Waals surface area contributed by atoms with Crippen LogP contribution in [0.15, 0.2) is 12.3 Å². The maximum absolute atomic E-state index is 11.3. The van der Waals surface area contributed by atoms with E-state index in [1.54, 1.807) is 12.3 Å². The molecule has 0 atom stereocenters. The predicted octanol–water partition coefficient (Wildman–Crippen LogP) is 3.72. The molecule has 110 valence electrons. The highest BCUT2D eigenvalue weighted by Gasteiger charge is 2.21. The van der Waals surface area contributed by atoms with E-state index in [1.807, 2.05) is 6.92 Å². The molecule has 1 aliphatic carbocycles. The van der Waals surface area contributed by atoms with Crippen LogP contribution in [0.5, 0.6) is 0 Å². The molecule has 4 heteroatoms. The van der Waals surface area contributed by atoms with E-state index in [0.29, 0.717) is 17.3 Å². The summed E-state index contributed by atoms with van der Waals surface area (Å²) in [4.78, 5) is 15.5. The van der Waals surface area contributed by atoms with Gasteiger partial charge in [-0.05, 0) is 43.2 Å². The quantitative estimate of drug-likeness (QED) is 0.860. The average Bonchev–Trinajstić information content (AvgIpc) is 2.45. The van der Waals surface area contributed by atoms with Gasteiger partial charge in [0.05, 0.1) is 0 Å². The average molecular weight is 276 g/mol. The lowest BCUT2D eigenvalue weighted by molar-refractivity contribution is 0.0696. The minimum atomic E-state index is -0.909. The van der Waals surface area contributed by atoms with Gasteiger partial charge in [-0.15, -0.1) is 0 Å². The number of carboxylic acid groups (broad SMARTS) is 1. The molecule has 0 radical (unpaired) electrons. The van der Waals surface area contributed by atoms with Gasteiger partial charge in [0.25, 0.3) is 0 Å². The summed E-state index contributed by atoms with van der Waals surface area (Å²) >= 11 is 0. The topological polar surface area (TPSA) is 62.2 Å². The zero-order chi connectivity index (χ0) is 14.5. The summed E-state index contributed by atoms with van der Waals surface area (Å²) in [6.45, 7) is 4.90. The monoisotopic (exact) mass is 276 g/mol. The van der Waals surface area contributed by atoms with Gasteiger partial charge in [-0.3, -0.25) is 0 Å². The molecule has 1 aliphatic rings. The Morgan fingerprint density at radius 1 is 1.35 bits per heavy atom. The molecule has 1 aromatic heterocycles. The Hall–Kier alpha value is -1.58. The van der Waals surface area contributed by atoms with Crippen molar-refractivity contribution in [2.24, 2.45) is 11.8 Å². The number of aromatic carboxylic acids is 1. The molecule has 0 aromatic carbocycles. The molecule has 20 heavy (non-hydrogen) atoms. The highest BCUT2D eigenvalue weighted by Crippen LogP contribution is 2.30. The first-order valence-electron chi connectivity index (χ1n) is 7.54. The van der Waals surface area contributed by atoms with Crippen LogP contribution in [0.2, 0.25) is 0 Å². The van der Waals surface area contributed by atoms with E-state index >= 15 is 0 Å². The zero-order valence-electron chi connectivity index (χ0n) is 12.4. The lowest BCUT2D eigenvalue weighted by Crippen LogP contribution is -2.22. The Labute approximate surface area is 120 Å². The minimum Gasteiger partial charge on any atom is -0.478 e. The fraction of sp³-hybridized carbons (Fsp3) is 0.625. The lowest BCUT2D eigenvalue weighted by atomic mass is 9.81. The molecule has 4 nitrogen and oxygen atoms in total. The van der Waals surface area contributed by atoms with E-state index in [9.17, 15) is 9.90 Å². The standard InChI is InChI=1S/C16H24N2O2/c1-3-12-4-6-13(7-5-12)10-18-15-14(16(19)20)11(2)8-9-17-15/h8-9,12-13H,3-7,10H2,1-2H3,(H,17,18)(H,19,20). The number of hydrogen-bond acceptors (Lipinski definition) is 3. The number of nitrogens with one attached hydrogen (secondary N) is 1. The highest BCUT2D eigenvalue weighted by molar-refractivity contribution is 5.94. The molecule has 0 spiro atoms. The van der Waals surface area contributed by atoms with Crippen molar-refractivity contribution >= 4 is 11.8 Å². The molecule has 0 amide bonds. The largest absolute Gasteiger partial charge is 0.478 e. The Morgan fingerprint density at radius 2 is 2.00 bits per heavy atom. The fourth-order valence-corrected chi connectivity index (χ4v) is 3.05. The van der Waals surface area contributed by atoms with Crippen LogP contribution in [0.25, 0.3) is 0 Å². The number of carbonyl (C=O) groups is 1. The first kappa shape index (κ1) is 14.8. The Morgan fingerprint density at radius 3 is 2.60 bits per heavy atom. The van der Waals surface area contributed by atoms with E-state index in [0.717, 1.165) is 18.0 Å². The maximum Gasteiger partial charge on any atom is 0.339 e. The second-order valence-electron chi connectivity index (χ2n) is 5.83. The summed E-state index contributed by atoms with van der Waals surface area (Å²) in [7, 11) is 0. The molecule has 0 bridgehead atoms. The summed E-state index contributed by atoms with van der Waals surface area (Å²) in [5, 5.41) is 12.5. The Bertz CT molecular complexity index is 466. The highest BCUT2D eigenvalue weighted by atomic mass is 16.4. The van der Waals surface area contributed by atoms with Crippen molar-refractivity contribution in [1.82, 2.24) is 4.98 Å². The van der Waals surface area contributed by atoms with Crippen molar-refractivity contribution in [2.45, 2.75) is 46.0 Å². The van der Waals surface area contributed by atoms with Gasteiger partial charge in [0.1, 0.15) is 11.4 Å². The summed E-state index contributed by atoms with van der Waals surface area (Å²) in [6.07, 6.45) is 8.02. The molecule has 1 aromatic rings. The van der Waals surface area contributed by atoms with Crippen LogP contribution in [-0.4, -0.2) is 22.6 Å². The van der Waals surface area contributed by atoms with Crippen molar-refractivity contribution < 1.29 is 9.90 Å². The zero-order valence-corrected chi connectivity index (χ0v) is 12.4. The van der Waals surface area contributed by atoms with Gasteiger partial charge < -0.3 is 10.4 Å². The molecule has 1 saturated carbocycles. The van der Waals surface area contributed by atoms with Gasteiger partial charge in [0.15, 0.2) is 0 Å². The van der Waals surface area contributed by atoms with Crippen molar-refractivity contribution in [1.29, 1.82) is 0 Å². The minimum absolute atomic E-state index is 0.301. The molecule has 1 heterocycles. The third kappa shape index (κ3) is 3.50.